The van der Waals surface area contributed by atoms with Gasteiger partial charge in [-0.2, -0.15) is 0 Å². The second kappa shape index (κ2) is 5.84. The maximum Gasteiger partial charge on any atom is 0.372 e. The highest BCUT2D eigenvalue weighted by molar-refractivity contribution is 7.09. The fourth-order valence-corrected chi connectivity index (χ4v) is 2.32. The summed E-state index contributed by atoms with van der Waals surface area (Å²) in [6.07, 6.45) is 0.864. The zero-order chi connectivity index (χ0) is 13.0. The minimum atomic E-state index is -1.04. The molecular formula is C13H14O4S. The van der Waals surface area contributed by atoms with Gasteiger partial charge in [0.2, 0.25) is 5.76 Å². The zero-order valence-electron chi connectivity index (χ0n) is 10.0. The highest BCUT2D eigenvalue weighted by Crippen LogP contribution is 2.16. The molecule has 2 aromatic rings. The standard InChI is InChI=1S/C13H14O4S/c1-9-7-10(17-12(9)13(14)15)8-16-5-4-11-3-2-6-18-11/h2-3,6-7H,4-5,8H2,1H3,(H,14,15). The van der Waals surface area contributed by atoms with Gasteiger partial charge in [-0.15, -0.1) is 11.3 Å². The summed E-state index contributed by atoms with van der Waals surface area (Å²) < 4.78 is 10.7. The van der Waals surface area contributed by atoms with Crippen LogP contribution in [0.25, 0.3) is 0 Å². The van der Waals surface area contributed by atoms with Crippen LogP contribution in [0.1, 0.15) is 26.8 Å². The second-order valence-corrected chi connectivity index (χ2v) is 4.94. The highest BCUT2D eigenvalue weighted by atomic mass is 32.1. The van der Waals surface area contributed by atoms with Gasteiger partial charge in [-0.25, -0.2) is 4.79 Å². The van der Waals surface area contributed by atoms with Crippen LogP contribution in [0.5, 0.6) is 0 Å². The van der Waals surface area contributed by atoms with E-state index in [0.29, 0.717) is 24.5 Å². The fraction of sp³-hybridized carbons (Fsp3) is 0.308. The van der Waals surface area contributed by atoms with Crippen LogP contribution in [-0.4, -0.2) is 17.7 Å². The minimum absolute atomic E-state index is 0.00754. The van der Waals surface area contributed by atoms with Gasteiger partial charge in [-0.05, 0) is 24.4 Å². The van der Waals surface area contributed by atoms with E-state index in [9.17, 15) is 4.79 Å². The van der Waals surface area contributed by atoms with E-state index >= 15 is 0 Å². The van der Waals surface area contributed by atoms with Crippen molar-refractivity contribution in [3.05, 3.63) is 45.5 Å². The van der Waals surface area contributed by atoms with E-state index in [0.717, 1.165) is 6.42 Å². The Balaban J connectivity index is 1.80. The van der Waals surface area contributed by atoms with E-state index in [1.54, 1.807) is 24.3 Å². The van der Waals surface area contributed by atoms with Gasteiger partial charge in [0.05, 0.1) is 6.61 Å². The predicted octanol–water partition coefficient (Wildman–Crippen LogP) is 3.11. The van der Waals surface area contributed by atoms with Crippen LogP contribution in [0.15, 0.2) is 28.0 Å². The summed E-state index contributed by atoms with van der Waals surface area (Å²) in [5.41, 5.74) is 0.624. The summed E-state index contributed by atoms with van der Waals surface area (Å²) in [5, 5.41) is 10.9. The normalized spacial score (nSPS) is 10.7. The molecule has 0 amide bonds. The van der Waals surface area contributed by atoms with Crippen molar-refractivity contribution in [1.82, 2.24) is 0 Å². The van der Waals surface area contributed by atoms with Gasteiger partial charge in [0.25, 0.3) is 0 Å². The van der Waals surface area contributed by atoms with Crippen LogP contribution < -0.4 is 0 Å². The second-order valence-electron chi connectivity index (χ2n) is 3.91. The average Bonchev–Trinajstić information content (AvgIpc) is 2.94. The van der Waals surface area contributed by atoms with E-state index in [1.165, 1.54) is 4.88 Å². The third kappa shape index (κ3) is 3.21. The average molecular weight is 266 g/mol. The van der Waals surface area contributed by atoms with Crippen LogP contribution in [0.2, 0.25) is 0 Å². The molecule has 2 aromatic heterocycles. The predicted molar refractivity (Wildman–Crippen MR) is 68.1 cm³/mol. The molecule has 0 atom stereocenters. The van der Waals surface area contributed by atoms with Crippen molar-refractivity contribution in [2.75, 3.05) is 6.61 Å². The summed E-state index contributed by atoms with van der Waals surface area (Å²) >= 11 is 1.70. The molecule has 18 heavy (non-hydrogen) atoms. The van der Waals surface area contributed by atoms with Gasteiger partial charge in [0, 0.05) is 16.9 Å². The lowest BCUT2D eigenvalue weighted by Crippen LogP contribution is -1.97. The number of ether oxygens (including phenoxy) is 1. The number of carboxylic acids is 1. The molecule has 2 rings (SSSR count). The lowest BCUT2D eigenvalue weighted by molar-refractivity contribution is 0.0647. The first-order valence-corrected chi connectivity index (χ1v) is 6.47. The van der Waals surface area contributed by atoms with Gasteiger partial charge >= 0.3 is 5.97 Å². The molecule has 0 bridgehead atoms. The number of hydrogen-bond acceptors (Lipinski definition) is 4. The Kier molecular flexibility index (Phi) is 4.17. The summed E-state index contributed by atoms with van der Waals surface area (Å²) in [7, 11) is 0. The molecule has 0 aliphatic rings. The molecule has 4 nitrogen and oxygen atoms in total. The number of aryl methyl sites for hydroxylation is 1. The van der Waals surface area contributed by atoms with Crippen molar-refractivity contribution in [1.29, 1.82) is 0 Å². The molecule has 0 aliphatic carbocycles. The van der Waals surface area contributed by atoms with Gasteiger partial charge in [0.1, 0.15) is 12.4 Å². The van der Waals surface area contributed by atoms with Crippen LogP contribution in [0.3, 0.4) is 0 Å². The number of aromatic carboxylic acids is 1. The van der Waals surface area contributed by atoms with E-state index in [1.807, 2.05) is 11.4 Å². The minimum Gasteiger partial charge on any atom is -0.475 e. The van der Waals surface area contributed by atoms with E-state index < -0.39 is 5.97 Å². The van der Waals surface area contributed by atoms with Crippen molar-refractivity contribution < 1.29 is 19.1 Å². The van der Waals surface area contributed by atoms with Gasteiger partial charge in [-0.3, -0.25) is 0 Å². The molecule has 2 heterocycles. The summed E-state index contributed by atoms with van der Waals surface area (Å²) in [6.45, 7) is 2.62. The number of rotatable bonds is 6. The Bertz CT molecular complexity index is 513. The molecule has 0 aromatic carbocycles. The number of furan rings is 1. The van der Waals surface area contributed by atoms with E-state index in [4.69, 9.17) is 14.3 Å². The monoisotopic (exact) mass is 266 g/mol. The molecule has 96 valence electrons. The van der Waals surface area contributed by atoms with Crippen LogP contribution in [-0.2, 0) is 17.8 Å². The van der Waals surface area contributed by atoms with Crippen molar-refractivity contribution >= 4 is 17.3 Å². The summed E-state index contributed by atoms with van der Waals surface area (Å²) in [5.74, 6) is -0.500. The molecule has 0 saturated heterocycles. The first-order chi connectivity index (χ1) is 8.66. The Hall–Kier alpha value is -1.59. The maximum atomic E-state index is 10.8. The van der Waals surface area contributed by atoms with E-state index in [-0.39, 0.29) is 5.76 Å². The Morgan fingerprint density at radius 2 is 2.39 bits per heavy atom. The third-order valence-corrected chi connectivity index (χ3v) is 3.42. The molecule has 0 radical (unpaired) electrons. The molecule has 0 aliphatic heterocycles. The maximum absolute atomic E-state index is 10.8. The third-order valence-electron chi connectivity index (χ3n) is 2.48. The first-order valence-electron chi connectivity index (χ1n) is 5.59. The number of hydrogen-bond donors (Lipinski definition) is 1. The number of carboxylic acid groups (broad SMARTS) is 1. The first kappa shape index (κ1) is 12.9. The van der Waals surface area contributed by atoms with Gasteiger partial charge in [-0.1, -0.05) is 6.07 Å². The quantitative estimate of drug-likeness (QED) is 0.816. The van der Waals surface area contributed by atoms with Crippen LogP contribution >= 0.6 is 11.3 Å². The summed E-state index contributed by atoms with van der Waals surface area (Å²) in [4.78, 5) is 12.1. The fourth-order valence-electron chi connectivity index (χ4n) is 1.63. The topological polar surface area (TPSA) is 59.7 Å². The largest absolute Gasteiger partial charge is 0.475 e. The Labute approximate surface area is 109 Å². The number of thiophene rings is 1. The van der Waals surface area contributed by atoms with Gasteiger partial charge < -0.3 is 14.3 Å². The number of carbonyl (C=O) groups is 1. The summed E-state index contributed by atoms with van der Waals surface area (Å²) in [6, 6.07) is 5.78. The molecule has 0 saturated carbocycles. The molecule has 0 fully saturated rings. The molecule has 0 unspecified atom stereocenters. The molecular weight excluding hydrogens is 252 g/mol. The Morgan fingerprint density at radius 3 is 3.00 bits per heavy atom. The smallest absolute Gasteiger partial charge is 0.372 e. The van der Waals surface area contributed by atoms with Crippen molar-refractivity contribution in [2.24, 2.45) is 0 Å². The highest BCUT2D eigenvalue weighted by Gasteiger charge is 2.14. The molecule has 1 N–H and O–H groups in total. The SMILES string of the molecule is Cc1cc(COCCc2cccs2)oc1C(=O)O. The lowest BCUT2D eigenvalue weighted by Gasteiger charge is -2.00. The zero-order valence-corrected chi connectivity index (χ0v) is 10.8. The molecule has 5 heteroatoms. The lowest BCUT2D eigenvalue weighted by atomic mass is 10.3. The van der Waals surface area contributed by atoms with Crippen LogP contribution in [0.4, 0.5) is 0 Å². The van der Waals surface area contributed by atoms with Crippen molar-refractivity contribution in [3.63, 3.8) is 0 Å². The van der Waals surface area contributed by atoms with Crippen LogP contribution in [0, 0.1) is 6.92 Å². The molecule has 0 spiro atoms. The van der Waals surface area contributed by atoms with Gasteiger partial charge in [0.15, 0.2) is 0 Å². The Morgan fingerprint density at radius 1 is 1.56 bits per heavy atom. The van der Waals surface area contributed by atoms with Crippen molar-refractivity contribution in [3.8, 4) is 0 Å². The van der Waals surface area contributed by atoms with Crippen molar-refractivity contribution in [2.45, 2.75) is 20.0 Å². The van der Waals surface area contributed by atoms with E-state index in [2.05, 4.69) is 6.07 Å².